The van der Waals surface area contributed by atoms with Gasteiger partial charge in [0.15, 0.2) is 0 Å². The van der Waals surface area contributed by atoms with Crippen molar-refractivity contribution >= 4 is 17.5 Å². The van der Waals surface area contributed by atoms with Crippen LogP contribution in [-0.4, -0.2) is 25.0 Å². The molecule has 1 aliphatic rings. The molecule has 1 heterocycles. The van der Waals surface area contributed by atoms with Crippen LogP contribution >= 0.6 is 0 Å². The molecule has 1 saturated heterocycles. The minimum atomic E-state index is -0.320. The Hall–Kier alpha value is -2.82. The summed E-state index contributed by atoms with van der Waals surface area (Å²) in [6.07, 6.45) is 0.243. The van der Waals surface area contributed by atoms with Gasteiger partial charge in [-0.1, -0.05) is 29.8 Å². The Kier molecular flexibility index (Phi) is 5.56. The molecule has 1 fully saturated rings. The van der Waals surface area contributed by atoms with Crippen LogP contribution in [0.1, 0.15) is 24.5 Å². The van der Waals surface area contributed by atoms with Crippen LogP contribution in [0.25, 0.3) is 0 Å². The number of hydrogen-bond acceptors (Lipinski definition) is 3. The molecule has 1 N–H and O–H groups in total. The van der Waals surface area contributed by atoms with E-state index in [0.29, 0.717) is 19.7 Å². The Labute approximate surface area is 154 Å². The number of amides is 2. The van der Waals surface area contributed by atoms with Crippen LogP contribution in [0.15, 0.2) is 48.5 Å². The predicted molar refractivity (Wildman–Crippen MR) is 101 cm³/mol. The third-order valence-electron chi connectivity index (χ3n) is 4.50. The van der Waals surface area contributed by atoms with Crippen LogP contribution in [0.5, 0.6) is 5.75 Å². The molecule has 2 amide bonds. The fourth-order valence-electron chi connectivity index (χ4n) is 3.18. The average Bonchev–Trinajstić information content (AvgIpc) is 3.03. The lowest BCUT2D eigenvalue weighted by molar-refractivity contribution is -0.126. The zero-order valence-electron chi connectivity index (χ0n) is 15.2. The quantitative estimate of drug-likeness (QED) is 0.869. The number of aryl methyl sites for hydroxylation is 1. The first-order chi connectivity index (χ1) is 12.6. The fourth-order valence-corrected chi connectivity index (χ4v) is 3.18. The standard InChI is InChI=1S/C21H24N2O3/c1-3-26-19-9-7-18(8-10-19)23-14-17(12-20(23)24)21(25)22-13-16-6-4-5-15(2)11-16/h4-11,17H,3,12-14H2,1-2H3,(H,22,25)/t17-/m1/s1. The normalized spacial score (nSPS) is 16.6. The van der Waals surface area contributed by atoms with Crippen molar-refractivity contribution in [3.63, 3.8) is 0 Å². The molecule has 3 rings (SSSR count). The summed E-state index contributed by atoms with van der Waals surface area (Å²) in [5.41, 5.74) is 3.02. The summed E-state index contributed by atoms with van der Waals surface area (Å²) in [5, 5.41) is 2.95. The lowest BCUT2D eigenvalue weighted by Crippen LogP contribution is -2.32. The first kappa shape index (κ1) is 18.0. The Morgan fingerprint density at radius 2 is 2.00 bits per heavy atom. The summed E-state index contributed by atoms with van der Waals surface area (Å²) in [6, 6.07) is 15.4. The number of benzene rings is 2. The van der Waals surface area contributed by atoms with E-state index in [-0.39, 0.29) is 24.2 Å². The highest BCUT2D eigenvalue weighted by Gasteiger charge is 2.34. The van der Waals surface area contributed by atoms with Crippen LogP contribution in [0.2, 0.25) is 0 Å². The molecule has 136 valence electrons. The zero-order chi connectivity index (χ0) is 18.5. The molecule has 0 aromatic heterocycles. The zero-order valence-corrected chi connectivity index (χ0v) is 15.2. The number of carbonyl (C=O) groups excluding carboxylic acids is 2. The van der Waals surface area contributed by atoms with E-state index in [9.17, 15) is 9.59 Å². The number of rotatable bonds is 6. The second kappa shape index (κ2) is 8.04. The minimum Gasteiger partial charge on any atom is -0.494 e. The fraction of sp³-hybridized carbons (Fsp3) is 0.333. The SMILES string of the molecule is CCOc1ccc(N2C[C@H](C(=O)NCc3cccc(C)c3)CC2=O)cc1. The summed E-state index contributed by atoms with van der Waals surface area (Å²) in [5.74, 6) is 0.354. The first-order valence-electron chi connectivity index (χ1n) is 8.93. The van der Waals surface area contributed by atoms with Crippen LogP contribution in [0.3, 0.4) is 0 Å². The molecule has 0 aliphatic carbocycles. The summed E-state index contributed by atoms with van der Waals surface area (Å²) in [7, 11) is 0. The molecule has 5 heteroatoms. The lowest BCUT2D eigenvalue weighted by Gasteiger charge is -2.17. The molecule has 1 aliphatic heterocycles. The second-order valence-corrected chi connectivity index (χ2v) is 6.54. The van der Waals surface area contributed by atoms with Gasteiger partial charge >= 0.3 is 0 Å². The maximum Gasteiger partial charge on any atom is 0.227 e. The van der Waals surface area contributed by atoms with Gasteiger partial charge in [0.05, 0.1) is 12.5 Å². The summed E-state index contributed by atoms with van der Waals surface area (Å²) >= 11 is 0. The molecule has 0 radical (unpaired) electrons. The molecular formula is C21H24N2O3. The van der Waals surface area contributed by atoms with E-state index < -0.39 is 0 Å². The van der Waals surface area contributed by atoms with Gasteiger partial charge < -0.3 is 15.0 Å². The number of carbonyl (C=O) groups is 2. The van der Waals surface area contributed by atoms with Crippen molar-refractivity contribution in [3.05, 3.63) is 59.7 Å². The Morgan fingerprint density at radius 3 is 2.69 bits per heavy atom. The van der Waals surface area contributed by atoms with Gasteiger partial charge in [-0.25, -0.2) is 0 Å². The third kappa shape index (κ3) is 4.23. The largest absolute Gasteiger partial charge is 0.494 e. The van der Waals surface area contributed by atoms with Gasteiger partial charge in [-0.3, -0.25) is 9.59 Å². The molecule has 5 nitrogen and oxygen atoms in total. The highest BCUT2D eigenvalue weighted by atomic mass is 16.5. The van der Waals surface area contributed by atoms with Gasteiger partial charge in [-0.2, -0.15) is 0 Å². The molecule has 0 unspecified atom stereocenters. The van der Waals surface area contributed by atoms with Gasteiger partial charge in [0.1, 0.15) is 5.75 Å². The summed E-state index contributed by atoms with van der Waals surface area (Å²) < 4.78 is 5.42. The van der Waals surface area contributed by atoms with Gasteiger partial charge in [0, 0.05) is 25.2 Å². The smallest absolute Gasteiger partial charge is 0.227 e. The second-order valence-electron chi connectivity index (χ2n) is 6.54. The molecule has 0 spiro atoms. The van der Waals surface area contributed by atoms with Crippen molar-refractivity contribution in [2.45, 2.75) is 26.8 Å². The Balaban J connectivity index is 1.58. The monoisotopic (exact) mass is 352 g/mol. The van der Waals surface area contributed by atoms with Crippen LogP contribution in [0, 0.1) is 12.8 Å². The number of anilines is 1. The van der Waals surface area contributed by atoms with Gasteiger partial charge in [-0.15, -0.1) is 0 Å². The van der Waals surface area contributed by atoms with Gasteiger partial charge in [0.25, 0.3) is 0 Å². The minimum absolute atomic E-state index is 0.0233. The third-order valence-corrected chi connectivity index (χ3v) is 4.50. The summed E-state index contributed by atoms with van der Waals surface area (Å²) in [6.45, 7) is 5.44. The van der Waals surface area contributed by atoms with E-state index in [2.05, 4.69) is 5.32 Å². The maximum absolute atomic E-state index is 12.5. The Morgan fingerprint density at radius 1 is 1.23 bits per heavy atom. The van der Waals surface area contributed by atoms with Crippen molar-refractivity contribution in [1.29, 1.82) is 0 Å². The lowest BCUT2D eigenvalue weighted by atomic mass is 10.1. The van der Waals surface area contributed by atoms with Crippen molar-refractivity contribution in [1.82, 2.24) is 5.32 Å². The molecule has 1 atom stereocenters. The maximum atomic E-state index is 12.5. The number of ether oxygens (including phenoxy) is 1. The predicted octanol–water partition coefficient (Wildman–Crippen LogP) is 3.06. The average molecular weight is 352 g/mol. The van der Waals surface area contributed by atoms with E-state index in [1.54, 1.807) is 4.90 Å². The highest BCUT2D eigenvalue weighted by Crippen LogP contribution is 2.27. The van der Waals surface area contributed by atoms with E-state index >= 15 is 0 Å². The highest BCUT2D eigenvalue weighted by molar-refractivity contribution is 6.00. The van der Waals surface area contributed by atoms with Crippen molar-refractivity contribution in [2.24, 2.45) is 5.92 Å². The van der Waals surface area contributed by atoms with Gasteiger partial charge in [0.2, 0.25) is 11.8 Å². The molecule has 0 saturated carbocycles. The van der Waals surface area contributed by atoms with Crippen molar-refractivity contribution < 1.29 is 14.3 Å². The van der Waals surface area contributed by atoms with E-state index in [1.807, 2.05) is 62.4 Å². The van der Waals surface area contributed by atoms with Crippen molar-refractivity contribution in [2.75, 3.05) is 18.1 Å². The first-order valence-corrected chi connectivity index (χ1v) is 8.93. The van der Waals surface area contributed by atoms with Crippen LogP contribution in [-0.2, 0) is 16.1 Å². The van der Waals surface area contributed by atoms with Crippen LogP contribution in [0.4, 0.5) is 5.69 Å². The van der Waals surface area contributed by atoms with Gasteiger partial charge in [-0.05, 0) is 43.7 Å². The molecule has 2 aromatic carbocycles. The number of nitrogens with zero attached hydrogens (tertiary/aromatic N) is 1. The molecule has 0 bridgehead atoms. The molecule has 26 heavy (non-hydrogen) atoms. The molecular weight excluding hydrogens is 328 g/mol. The van der Waals surface area contributed by atoms with E-state index in [0.717, 1.165) is 22.6 Å². The molecule has 2 aromatic rings. The Bertz CT molecular complexity index is 786. The summed E-state index contributed by atoms with van der Waals surface area (Å²) in [4.78, 5) is 26.5. The van der Waals surface area contributed by atoms with E-state index in [4.69, 9.17) is 4.74 Å². The number of hydrogen-bond donors (Lipinski definition) is 1. The van der Waals surface area contributed by atoms with Crippen LogP contribution < -0.4 is 15.0 Å². The van der Waals surface area contributed by atoms with E-state index in [1.165, 1.54) is 0 Å². The number of nitrogens with one attached hydrogen (secondary N) is 1. The topological polar surface area (TPSA) is 58.6 Å². The van der Waals surface area contributed by atoms with Crippen molar-refractivity contribution in [3.8, 4) is 5.75 Å².